The predicted octanol–water partition coefficient (Wildman–Crippen LogP) is 3.03. The average Bonchev–Trinajstić information content (AvgIpc) is 2.92. The summed E-state index contributed by atoms with van der Waals surface area (Å²) < 4.78 is 10.1. The molecule has 1 fully saturated rings. The van der Waals surface area contributed by atoms with Crippen molar-refractivity contribution < 1.29 is 23.9 Å². The van der Waals surface area contributed by atoms with Gasteiger partial charge in [-0.2, -0.15) is 5.26 Å². The van der Waals surface area contributed by atoms with Gasteiger partial charge in [0.05, 0.1) is 25.9 Å². The lowest BCUT2D eigenvalue weighted by Gasteiger charge is -2.32. The second kappa shape index (κ2) is 13.3. The number of likely N-dealkylation sites (tertiary alicyclic amines) is 1. The fraction of sp³-hybridized carbons (Fsp3) is 0.429. The van der Waals surface area contributed by atoms with Crippen molar-refractivity contribution in [1.82, 2.24) is 10.2 Å². The molecule has 1 aliphatic rings. The van der Waals surface area contributed by atoms with E-state index in [-0.39, 0.29) is 17.7 Å². The summed E-state index contributed by atoms with van der Waals surface area (Å²) in [4.78, 5) is 39.5. The smallest absolute Gasteiger partial charge is 0.328 e. The monoisotopic (exact) mass is 491 g/mol. The van der Waals surface area contributed by atoms with Gasteiger partial charge in [-0.1, -0.05) is 24.3 Å². The fourth-order valence-electron chi connectivity index (χ4n) is 4.39. The molecule has 8 heteroatoms. The van der Waals surface area contributed by atoms with Gasteiger partial charge in [-0.25, -0.2) is 4.79 Å². The quantitative estimate of drug-likeness (QED) is 0.512. The molecule has 0 aliphatic carbocycles. The Morgan fingerprint density at radius 1 is 1.03 bits per heavy atom. The highest BCUT2D eigenvalue weighted by Crippen LogP contribution is 2.22. The van der Waals surface area contributed by atoms with E-state index in [1.54, 1.807) is 19.2 Å². The summed E-state index contributed by atoms with van der Waals surface area (Å²) in [5, 5.41) is 11.7. The van der Waals surface area contributed by atoms with E-state index in [2.05, 4.69) is 11.4 Å². The van der Waals surface area contributed by atoms with Crippen molar-refractivity contribution in [2.75, 3.05) is 27.3 Å². The Morgan fingerprint density at radius 3 is 2.25 bits per heavy atom. The Bertz CT molecular complexity index is 1070. The number of carbonyl (C=O) groups excluding carboxylic acids is 3. The summed E-state index contributed by atoms with van der Waals surface area (Å²) >= 11 is 0. The number of piperidine rings is 1. The van der Waals surface area contributed by atoms with Gasteiger partial charge in [0.1, 0.15) is 11.8 Å². The van der Waals surface area contributed by atoms with Crippen LogP contribution in [0, 0.1) is 17.2 Å². The van der Waals surface area contributed by atoms with Crippen molar-refractivity contribution in [2.24, 2.45) is 5.92 Å². The molecule has 0 spiro atoms. The summed E-state index contributed by atoms with van der Waals surface area (Å²) in [5.41, 5.74) is 2.53. The highest BCUT2D eigenvalue weighted by atomic mass is 16.5. The van der Waals surface area contributed by atoms with Crippen LogP contribution < -0.4 is 10.1 Å². The number of nitrogens with zero attached hydrogens (tertiary/aromatic N) is 2. The van der Waals surface area contributed by atoms with Crippen LogP contribution in [0.5, 0.6) is 5.75 Å². The number of aryl methyl sites for hydroxylation is 1. The van der Waals surface area contributed by atoms with Gasteiger partial charge in [0.2, 0.25) is 11.8 Å². The zero-order valence-corrected chi connectivity index (χ0v) is 20.9. The Labute approximate surface area is 212 Å². The largest absolute Gasteiger partial charge is 0.497 e. The third-order valence-electron chi connectivity index (χ3n) is 6.57. The fourth-order valence-corrected chi connectivity index (χ4v) is 4.39. The minimum Gasteiger partial charge on any atom is -0.497 e. The first kappa shape index (κ1) is 26.7. The molecular weight excluding hydrogens is 458 g/mol. The molecule has 0 saturated carbocycles. The topological polar surface area (TPSA) is 109 Å². The van der Waals surface area contributed by atoms with Gasteiger partial charge in [-0.3, -0.25) is 9.59 Å². The van der Waals surface area contributed by atoms with E-state index in [4.69, 9.17) is 14.7 Å². The molecule has 3 rings (SSSR count). The first-order valence-corrected chi connectivity index (χ1v) is 12.2. The zero-order valence-electron chi connectivity index (χ0n) is 20.9. The van der Waals surface area contributed by atoms with E-state index in [0.29, 0.717) is 44.3 Å². The number of amides is 2. The number of nitrogens with one attached hydrogen (secondary N) is 1. The van der Waals surface area contributed by atoms with Crippen LogP contribution >= 0.6 is 0 Å². The Balaban J connectivity index is 1.43. The maximum absolute atomic E-state index is 12.7. The molecule has 0 aromatic heterocycles. The van der Waals surface area contributed by atoms with E-state index in [1.165, 1.54) is 7.11 Å². The molecule has 190 valence electrons. The molecule has 0 radical (unpaired) electrons. The van der Waals surface area contributed by atoms with Gasteiger partial charge in [-0.05, 0) is 60.6 Å². The van der Waals surface area contributed by atoms with Crippen LogP contribution in [0.25, 0.3) is 0 Å². The van der Waals surface area contributed by atoms with Gasteiger partial charge in [0.15, 0.2) is 0 Å². The third kappa shape index (κ3) is 7.84. The SMILES string of the molecule is COC(=O)C(Cc1ccc(OC)cc1)NC(=O)CC1CCN(C(=O)CCc2ccc(C#N)cc2)CC1. The van der Waals surface area contributed by atoms with Crippen molar-refractivity contribution in [3.63, 3.8) is 0 Å². The molecule has 1 unspecified atom stereocenters. The summed E-state index contributed by atoms with van der Waals surface area (Å²) in [5.74, 6) is 0.308. The number of esters is 1. The normalized spacial score (nSPS) is 14.4. The second-order valence-corrected chi connectivity index (χ2v) is 9.03. The van der Waals surface area contributed by atoms with Gasteiger partial charge in [0.25, 0.3) is 0 Å². The number of rotatable bonds is 10. The number of nitriles is 1. The average molecular weight is 492 g/mol. The Morgan fingerprint density at radius 2 is 1.67 bits per heavy atom. The molecule has 2 aromatic rings. The molecule has 1 atom stereocenters. The minimum absolute atomic E-state index is 0.104. The molecule has 2 amide bonds. The van der Waals surface area contributed by atoms with Gasteiger partial charge >= 0.3 is 5.97 Å². The molecule has 1 saturated heterocycles. The van der Waals surface area contributed by atoms with Crippen LogP contribution in [0.1, 0.15) is 42.4 Å². The second-order valence-electron chi connectivity index (χ2n) is 9.03. The number of carbonyl (C=O) groups is 3. The van der Waals surface area contributed by atoms with Crippen LogP contribution in [0.2, 0.25) is 0 Å². The molecule has 1 N–H and O–H groups in total. The lowest BCUT2D eigenvalue weighted by atomic mass is 9.92. The first-order valence-electron chi connectivity index (χ1n) is 12.2. The van der Waals surface area contributed by atoms with Gasteiger partial charge < -0.3 is 19.7 Å². The van der Waals surface area contributed by atoms with Crippen molar-refractivity contribution in [1.29, 1.82) is 5.26 Å². The molecule has 36 heavy (non-hydrogen) atoms. The summed E-state index contributed by atoms with van der Waals surface area (Å²) in [7, 11) is 2.90. The van der Waals surface area contributed by atoms with Crippen LogP contribution in [0.3, 0.4) is 0 Å². The summed E-state index contributed by atoms with van der Waals surface area (Å²) in [6.45, 7) is 1.24. The van der Waals surface area contributed by atoms with E-state index in [0.717, 1.165) is 29.7 Å². The van der Waals surface area contributed by atoms with E-state index in [1.807, 2.05) is 41.3 Å². The molecule has 8 nitrogen and oxygen atoms in total. The maximum Gasteiger partial charge on any atom is 0.328 e. The van der Waals surface area contributed by atoms with Gasteiger partial charge in [0, 0.05) is 32.4 Å². The van der Waals surface area contributed by atoms with Crippen LogP contribution in [-0.2, 0) is 32.0 Å². The number of methoxy groups -OCH3 is 2. The molecule has 2 aromatic carbocycles. The van der Waals surface area contributed by atoms with Crippen LogP contribution in [0.4, 0.5) is 0 Å². The highest BCUT2D eigenvalue weighted by molar-refractivity contribution is 5.84. The number of hydrogen-bond acceptors (Lipinski definition) is 6. The summed E-state index contributed by atoms with van der Waals surface area (Å²) in [6.07, 6.45) is 3.19. The van der Waals surface area contributed by atoms with Crippen molar-refractivity contribution in [3.05, 3.63) is 65.2 Å². The molecule has 1 heterocycles. The number of hydrogen-bond donors (Lipinski definition) is 1. The Kier molecular flexibility index (Phi) is 9.87. The van der Waals surface area contributed by atoms with Crippen molar-refractivity contribution >= 4 is 17.8 Å². The minimum atomic E-state index is -0.764. The zero-order chi connectivity index (χ0) is 25.9. The third-order valence-corrected chi connectivity index (χ3v) is 6.57. The number of ether oxygens (including phenoxy) is 2. The molecule has 0 bridgehead atoms. The lowest BCUT2D eigenvalue weighted by molar-refractivity contribution is -0.145. The van der Waals surface area contributed by atoms with Gasteiger partial charge in [-0.15, -0.1) is 0 Å². The van der Waals surface area contributed by atoms with Crippen LogP contribution in [0.15, 0.2) is 48.5 Å². The van der Waals surface area contributed by atoms with Crippen LogP contribution in [-0.4, -0.2) is 56.0 Å². The van der Waals surface area contributed by atoms with Crippen molar-refractivity contribution in [2.45, 2.75) is 44.6 Å². The van der Waals surface area contributed by atoms with E-state index >= 15 is 0 Å². The lowest BCUT2D eigenvalue weighted by Crippen LogP contribution is -2.44. The predicted molar refractivity (Wildman–Crippen MR) is 134 cm³/mol. The molecule has 1 aliphatic heterocycles. The Hall–Kier alpha value is -3.86. The van der Waals surface area contributed by atoms with E-state index < -0.39 is 12.0 Å². The number of benzene rings is 2. The maximum atomic E-state index is 12.7. The van der Waals surface area contributed by atoms with Crippen molar-refractivity contribution in [3.8, 4) is 11.8 Å². The standard InChI is InChI=1S/C28H33N3O5/c1-35-24-10-7-21(8-11-24)17-25(28(34)36-2)30-26(32)18-22-13-15-31(16-14-22)27(33)12-9-20-3-5-23(19-29)6-4-20/h3-8,10-11,22,25H,9,12-18H2,1-2H3,(H,30,32). The molecular formula is C28H33N3O5. The van der Waals surface area contributed by atoms with E-state index in [9.17, 15) is 14.4 Å². The first-order chi connectivity index (χ1) is 17.4. The highest BCUT2D eigenvalue weighted by Gasteiger charge is 2.27. The summed E-state index contributed by atoms with van der Waals surface area (Å²) in [6, 6.07) is 15.9.